The summed E-state index contributed by atoms with van der Waals surface area (Å²) in [7, 11) is 0. The molecule has 3 aromatic rings. The van der Waals surface area contributed by atoms with Gasteiger partial charge in [0.15, 0.2) is 11.6 Å². The lowest BCUT2D eigenvalue weighted by Crippen LogP contribution is -2.34. The summed E-state index contributed by atoms with van der Waals surface area (Å²) < 4.78 is 5.24. The zero-order valence-corrected chi connectivity index (χ0v) is 15.4. The first-order chi connectivity index (χ1) is 13.1. The number of urea groups is 1. The maximum absolute atomic E-state index is 12.0. The molecule has 1 unspecified atom stereocenters. The summed E-state index contributed by atoms with van der Waals surface area (Å²) in [4.78, 5) is 12.0. The van der Waals surface area contributed by atoms with E-state index in [9.17, 15) is 4.79 Å². The molecular formula is C20H21ClN4O2. The Morgan fingerprint density at radius 3 is 2.74 bits per heavy atom. The standard InChI is InChI=1S/C20H21ClN4O2/c21-16-8-4-7-15(12-16)18-13-19(25-27-18)24-20(26)23-10-9-17(22)11-14-5-2-1-3-6-14/h1-8,12-13,17H,9-11,22H2,(H2,23,24,25,26). The van der Waals surface area contributed by atoms with Gasteiger partial charge >= 0.3 is 6.03 Å². The van der Waals surface area contributed by atoms with Gasteiger partial charge in [-0.15, -0.1) is 0 Å². The number of rotatable bonds is 7. The van der Waals surface area contributed by atoms with Crippen LogP contribution < -0.4 is 16.4 Å². The van der Waals surface area contributed by atoms with Crippen molar-refractivity contribution in [3.8, 4) is 11.3 Å². The summed E-state index contributed by atoms with van der Waals surface area (Å²) in [6.45, 7) is 0.471. The van der Waals surface area contributed by atoms with Crippen LogP contribution in [0.5, 0.6) is 0 Å². The third-order valence-corrected chi connectivity index (χ3v) is 4.24. The molecule has 7 heteroatoms. The van der Waals surface area contributed by atoms with Gasteiger partial charge in [-0.3, -0.25) is 5.32 Å². The highest BCUT2D eigenvalue weighted by atomic mass is 35.5. The fraction of sp³-hybridized carbons (Fsp3) is 0.200. The molecular weight excluding hydrogens is 364 g/mol. The molecule has 0 spiro atoms. The van der Waals surface area contributed by atoms with Gasteiger partial charge in [-0.2, -0.15) is 0 Å². The second kappa shape index (κ2) is 9.21. The summed E-state index contributed by atoms with van der Waals surface area (Å²) in [5.41, 5.74) is 8.09. The molecule has 0 bridgehead atoms. The van der Waals surface area contributed by atoms with E-state index in [-0.39, 0.29) is 12.1 Å². The Bertz CT molecular complexity index is 882. The van der Waals surface area contributed by atoms with E-state index in [0.717, 1.165) is 12.0 Å². The Morgan fingerprint density at radius 2 is 1.96 bits per heavy atom. The van der Waals surface area contributed by atoms with Gasteiger partial charge in [0.25, 0.3) is 0 Å². The lowest BCUT2D eigenvalue weighted by Gasteiger charge is -2.12. The number of carbonyl (C=O) groups is 1. The number of nitrogens with two attached hydrogens (primary N) is 1. The highest BCUT2D eigenvalue weighted by Crippen LogP contribution is 2.24. The van der Waals surface area contributed by atoms with Gasteiger partial charge < -0.3 is 15.6 Å². The molecule has 0 aliphatic carbocycles. The van der Waals surface area contributed by atoms with Crippen molar-refractivity contribution >= 4 is 23.4 Å². The van der Waals surface area contributed by atoms with Crippen LogP contribution in [0.1, 0.15) is 12.0 Å². The van der Waals surface area contributed by atoms with Crippen LogP contribution in [0.4, 0.5) is 10.6 Å². The zero-order valence-electron chi connectivity index (χ0n) is 14.7. The molecule has 0 aliphatic heterocycles. The molecule has 0 fully saturated rings. The number of amides is 2. The van der Waals surface area contributed by atoms with Gasteiger partial charge in [0.1, 0.15) is 0 Å². The number of nitrogens with zero attached hydrogens (tertiary/aromatic N) is 1. The molecule has 0 saturated heterocycles. The molecule has 2 aromatic carbocycles. The number of carbonyl (C=O) groups excluding carboxylic acids is 1. The Labute approximate surface area is 162 Å². The molecule has 1 aromatic heterocycles. The highest BCUT2D eigenvalue weighted by Gasteiger charge is 2.10. The summed E-state index contributed by atoms with van der Waals surface area (Å²) >= 11 is 5.97. The van der Waals surface area contributed by atoms with Crippen LogP contribution in [0.2, 0.25) is 5.02 Å². The minimum atomic E-state index is -0.354. The van der Waals surface area contributed by atoms with Gasteiger partial charge in [0.05, 0.1) is 0 Å². The first-order valence-electron chi connectivity index (χ1n) is 8.67. The molecule has 0 saturated carbocycles. The van der Waals surface area contributed by atoms with Crippen molar-refractivity contribution in [1.82, 2.24) is 10.5 Å². The maximum Gasteiger partial charge on any atom is 0.320 e. The lowest BCUT2D eigenvalue weighted by atomic mass is 10.0. The van der Waals surface area contributed by atoms with Crippen LogP contribution >= 0.6 is 11.6 Å². The van der Waals surface area contributed by atoms with Crippen molar-refractivity contribution in [3.05, 3.63) is 71.2 Å². The van der Waals surface area contributed by atoms with Crippen LogP contribution in [-0.4, -0.2) is 23.8 Å². The number of anilines is 1. The van der Waals surface area contributed by atoms with Crippen LogP contribution in [0.25, 0.3) is 11.3 Å². The number of aromatic nitrogens is 1. The quantitative estimate of drug-likeness (QED) is 0.572. The van der Waals surface area contributed by atoms with Gasteiger partial charge in [0.2, 0.25) is 0 Å². The predicted molar refractivity (Wildman–Crippen MR) is 107 cm³/mol. The average molecular weight is 385 g/mol. The molecule has 1 atom stereocenters. The van der Waals surface area contributed by atoms with Gasteiger partial charge in [0, 0.05) is 29.2 Å². The third-order valence-electron chi connectivity index (χ3n) is 4.00. The largest absolute Gasteiger partial charge is 0.354 e. The van der Waals surface area contributed by atoms with Gasteiger partial charge in [-0.05, 0) is 30.5 Å². The van der Waals surface area contributed by atoms with Gasteiger partial charge in [-0.25, -0.2) is 4.79 Å². The number of nitrogens with one attached hydrogen (secondary N) is 2. The van der Waals surface area contributed by atoms with Crippen LogP contribution in [-0.2, 0) is 6.42 Å². The van der Waals surface area contributed by atoms with E-state index in [0.29, 0.717) is 29.6 Å². The molecule has 4 N–H and O–H groups in total. The van der Waals surface area contributed by atoms with Gasteiger partial charge in [-0.1, -0.05) is 59.2 Å². The molecule has 0 aliphatic rings. The van der Waals surface area contributed by atoms with Crippen molar-refractivity contribution < 1.29 is 9.32 Å². The summed E-state index contributed by atoms with van der Waals surface area (Å²) in [6, 6.07) is 18.5. The lowest BCUT2D eigenvalue weighted by molar-refractivity contribution is 0.251. The highest BCUT2D eigenvalue weighted by molar-refractivity contribution is 6.30. The maximum atomic E-state index is 12.0. The van der Waals surface area contributed by atoms with E-state index < -0.39 is 0 Å². The van der Waals surface area contributed by atoms with E-state index >= 15 is 0 Å². The summed E-state index contributed by atoms with van der Waals surface area (Å²) in [5.74, 6) is 0.855. The second-order valence-corrected chi connectivity index (χ2v) is 6.64. The topological polar surface area (TPSA) is 93.2 Å². The van der Waals surface area contributed by atoms with Crippen molar-refractivity contribution in [3.63, 3.8) is 0 Å². The molecule has 2 amide bonds. The predicted octanol–water partition coefficient (Wildman–Crippen LogP) is 4.08. The average Bonchev–Trinajstić information content (AvgIpc) is 3.11. The minimum Gasteiger partial charge on any atom is -0.354 e. The van der Waals surface area contributed by atoms with Crippen molar-refractivity contribution in [2.24, 2.45) is 5.73 Å². The fourth-order valence-electron chi connectivity index (χ4n) is 2.66. The molecule has 6 nitrogen and oxygen atoms in total. The minimum absolute atomic E-state index is 0.0193. The van der Waals surface area contributed by atoms with E-state index in [1.165, 1.54) is 5.56 Å². The smallest absolute Gasteiger partial charge is 0.320 e. The molecule has 3 rings (SSSR count). The Kier molecular flexibility index (Phi) is 6.46. The van der Waals surface area contributed by atoms with E-state index in [1.54, 1.807) is 18.2 Å². The number of benzene rings is 2. The summed E-state index contributed by atoms with van der Waals surface area (Å²) in [5, 5.41) is 9.86. The third kappa shape index (κ3) is 5.84. The van der Waals surface area contributed by atoms with Crippen molar-refractivity contribution in [2.45, 2.75) is 18.9 Å². The SMILES string of the molecule is NC(CCNC(=O)Nc1cc(-c2cccc(Cl)c2)on1)Cc1ccccc1. The normalized spacial score (nSPS) is 11.8. The van der Waals surface area contributed by atoms with Crippen LogP contribution in [0, 0.1) is 0 Å². The number of halogens is 1. The Balaban J connectivity index is 1.43. The van der Waals surface area contributed by atoms with E-state index in [2.05, 4.69) is 15.8 Å². The van der Waals surface area contributed by atoms with Crippen LogP contribution in [0.15, 0.2) is 65.2 Å². The first-order valence-corrected chi connectivity index (χ1v) is 9.05. The van der Waals surface area contributed by atoms with E-state index in [1.807, 2.05) is 42.5 Å². The van der Waals surface area contributed by atoms with Crippen LogP contribution in [0.3, 0.4) is 0 Å². The first kappa shape index (κ1) is 18.9. The van der Waals surface area contributed by atoms with Crippen molar-refractivity contribution in [2.75, 3.05) is 11.9 Å². The summed E-state index contributed by atoms with van der Waals surface area (Å²) in [6.07, 6.45) is 1.45. The zero-order chi connectivity index (χ0) is 19.1. The fourth-order valence-corrected chi connectivity index (χ4v) is 2.85. The monoisotopic (exact) mass is 384 g/mol. The Morgan fingerprint density at radius 1 is 1.15 bits per heavy atom. The van der Waals surface area contributed by atoms with E-state index in [4.69, 9.17) is 21.9 Å². The number of hydrogen-bond donors (Lipinski definition) is 3. The van der Waals surface area contributed by atoms with Crippen molar-refractivity contribution in [1.29, 1.82) is 0 Å². The second-order valence-electron chi connectivity index (χ2n) is 6.21. The Hall–Kier alpha value is -2.83. The molecule has 0 radical (unpaired) electrons. The molecule has 140 valence electrons. The molecule has 1 heterocycles. The molecule has 27 heavy (non-hydrogen) atoms. The number of hydrogen-bond acceptors (Lipinski definition) is 4.